The molecule has 2 atom stereocenters. The topological polar surface area (TPSA) is 71.0 Å². The van der Waals surface area contributed by atoms with E-state index in [-0.39, 0.29) is 17.4 Å². The monoisotopic (exact) mass is 447 g/mol. The van der Waals surface area contributed by atoms with Gasteiger partial charge in [-0.2, -0.15) is 18.9 Å². The second-order valence-electron chi connectivity index (χ2n) is 8.00. The van der Waals surface area contributed by atoms with E-state index < -0.39 is 30.0 Å². The van der Waals surface area contributed by atoms with Crippen molar-refractivity contribution in [1.29, 1.82) is 0 Å². The molecule has 2 aromatic rings. The Morgan fingerprint density at radius 3 is 2.44 bits per heavy atom. The van der Waals surface area contributed by atoms with Crippen LogP contribution in [0.1, 0.15) is 33.3 Å². The molecule has 0 bridgehead atoms. The molecule has 6 nitrogen and oxygen atoms in total. The number of benzene rings is 2. The lowest BCUT2D eigenvalue weighted by molar-refractivity contribution is -0.127. The van der Waals surface area contributed by atoms with Crippen LogP contribution in [0.3, 0.4) is 0 Å². The van der Waals surface area contributed by atoms with Gasteiger partial charge in [-0.15, -0.1) is 0 Å². The van der Waals surface area contributed by atoms with Crippen LogP contribution in [0.4, 0.5) is 24.5 Å². The number of nitrogens with zero attached hydrogens (tertiary/aromatic N) is 2. The van der Waals surface area contributed by atoms with Crippen molar-refractivity contribution in [3.63, 3.8) is 0 Å². The van der Waals surface area contributed by atoms with Crippen molar-refractivity contribution in [3.05, 3.63) is 54.1 Å². The highest BCUT2D eigenvalue weighted by molar-refractivity contribution is 6.28. The zero-order valence-electron chi connectivity index (χ0n) is 18.1. The van der Waals surface area contributed by atoms with Crippen molar-refractivity contribution in [2.45, 2.75) is 40.0 Å². The molecular formula is C23H24F3N3O3. The Balaban J connectivity index is 1.75. The molecule has 3 rings (SSSR count). The van der Waals surface area contributed by atoms with Crippen LogP contribution in [-0.2, 0) is 15.3 Å². The first-order chi connectivity index (χ1) is 15.0. The molecule has 0 radical (unpaired) electrons. The molecule has 1 aliphatic rings. The lowest BCUT2D eigenvalue weighted by atomic mass is 9.87. The van der Waals surface area contributed by atoms with Crippen LogP contribution in [0.5, 0.6) is 5.75 Å². The number of halogens is 3. The first-order valence-electron chi connectivity index (χ1n) is 10.0. The molecule has 0 spiro atoms. The number of rotatable bonds is 7. The van der Waals surface area contributed by atoms with Gasteiger partial charge in [0.1, 0.15) is 11.4 Å². The van der Waals surface area contributed by atoms with Crippen molar-refractivity contribution >= 4 is 28.9 Å². The third-order valence-electron chi connectivity index (χ3n) is 5.48. The first kappa shape index (κ1) is 23.3. The number of hydrogen-bond donors (Lipinski definition) is 1. The van der Waals surface area contributed by atoms with Crippen LogP contribution in [0.15, 0.2) is 53.6 Å². The van der Waals surface area contributed by atoms with Gasteiger partial charge in [0.25, 0.3) is 5.91 Å². The number of nitrogens with one attached hydrogen (secondary N) is 1. The minimum Gasteiger partial charge on any atom is -0.435 e. The molecule has 1 aliphatic heterocycles. The molecule has 9 heteroatoms. The summed E-state index contributed by atoms with van der Waals surface area (Å²) in [5.41, 5.74) is -0.226. The Kier molecular flexibility index (Phi) is 6.57. The summed E-state index contributed by atoms with van der Waals surface area (Å²) in [7, 11) is 0. The van der Waals surface area contributed by atoms with E-state index in [0.29, 0.717) is 16.9 Å². The fourth-order valence-electron chi connectivity index (χ4n) is 3.27. The molecule has 2 amide bonds. The maximum atomic E-state index is 15.0. The smallest absolute Gasteiger partial charge is 0.387 e. The summed E-state index contributed by atoms with van der Waals surface area (Å²) in [6.07, 6.45) is 0. The standard InChI is InChI=1S/C23H24F3N3O3/c1-13(2)23(4,26)15-6-5-7-16(12-15)27-20(30)19-14(3)28-29(21(19)31)17-8-10-18(11-9-17)32-22(24)25/h5-13,19,22H,1-4H3,(H,27,30). The molecule has 0 saturated carbocycles. The molecule has 2 aromatic carbocycles. The lowest BCUT2D eigenvalue weighted by Gasteiger charge is -2.25. The zero-order valence-corrected chi connectivity index (χ0v) is 18.1. The minimum absolute atomic E-state index is 0.0634. The molecule has 1 N–H and O–H groups in total. The minimum atomic E-state index is -2.96. The highest BCUT2D eigenvalue weighted by atomic mass is 19.3. The average molecular weight is 447 g/mol. The molecule has 1 heterocycles. The quantitative estimate of drug-likeness (QED) is 0.600. The van der Waals surface area contributed by atoms with Crippen LogP contribution < -0.4 is 15.1 Å². The lowest BCUT2D eigenvalue weighted by Crippen LogP contribution is -2.36. The van der Waals surface area contributed by atoms with E-state index in [1.165, 1.54) is 31.2 Å². The fraction of sp³-hybridized carbons (Fsp3) is 0.348. The maximum absolute atomic E-state index is 15.0. The van der Waals surface area contributed by atoms with Gasteiger partial charge in [0.2, 0.25) is 5.91 Å². The van der Waals surface area contributed by atoms with Crippen LogP contribution in [0.2, 0.25) is 0 Å². The van der Waals surface area contributed by atoms with Crippen molar-refractivity contribution in [1.82, 2.24) is 0 Å². The summed E-state index contributed by atoms with van der Waals surface area (Å²) < 4.78 is 43.9. The zero-order chi connectivity index (χ0) is 23.6. The SMILES string of the molecule is CC1=NN(c2ccc(OC(F)F)cc2)C(=O)C1C(=O)Nc1cccc(C(C)(F)C(C)C)c1. The van der Waals surface area contributed by atoms with Gasteiger partial charge in [-0.3, -0.25) is 9.59 Å². The first-order valence-corrected chi connectivity index (χ1v) is 10.0. The number of hydrazone groups is 1. The highest BCUT2D eigenvalue weighted by Crippen LogP contribution is 2.35. The summed E-state index contributed by atoms with van der Waals surface area (Å²) in [5, 5.41) is 7.85. The molecular weight excluding hydrogens is 423 g/mol. The van der Waals surface area contributed by atoms with Crippen LogP contribution in [-0.4, -0.2) is 24.1 Å². The molecule has 2 unspecified atom stereocenters. The van der Waals surface area contributed by atoms with Crippen LogP contribution >= 0.6 is 0 Å². The predicted molar refractivity (Wildman–Crippen MR) is 116 cm³/mol. The summed E-state index contributed by atoms with van der Waals surface area (Å²) in [6.45, 7) is 3.60. The van der Waals surface area contributed by atoms with Gasteiger partial charge in [0.15, 0.2) is 5.92 Å². The van der Waals surface area contributed by atoms with Gasteiger partial charge in [-0.1, -0.05) is 26.0 Å². The van der Waals surface area contributed by atoms with E-state index in [1.807, 2.05) is 0 Å². The summed E-state index contributed by atoms with van der Waals surface area (Å²) >= 11 is 0. The maximum Gasteiger partial charge on any atom is 0.387 e. The number of carbonyl (C=O) groups excluding carboxylic acids is 2. The van der Waals surface area contributed by atoms with Gasteiger partial charge in [-0.25, -0.2) is 4.39 Å². The Labute approximate surface area is 184 Å². The van der Waals surface area contributed by atoms with Gasteiger partial charge < -0.3 is 10.1 Å². The Morgan fingerprint density at radius 1 is 1.19 bits per heavy atom. The molecule has 170 valence electrons. The summed E-state index contributed by atoms with van der Waals surface area (Å²) in [5.74, 6) is -2.69. The molecule has 0 aromatic heterocycles. The second-order valence-corrected chi connectivity index (χ2v) is 8.00. The number of ether oxygens (including phenoxy) is 1. The van der Waals surface area contributed by atoms with E-state index >= 15 is 0 Å². The molecule has 32 heavy (non-hydrogen) atoms. The molecule has 0 fully saturated rings. The number of alkyl halides is 3. The largest absolute Gasteiger partial charge is 0.435 e. The second kappa shape index (κ2) is 9.02. The van der Waals surface area contributed by atoms with Crippen molar-refractivity contribution < 1.29 is 27.5 Å². The highest BCUT2D eigenvalue weighted by Gasteiger charge is 2.40. The van der Waals surface area contributed by atoms with Gasteiger partial charge in [0, 0.05) is 5.69 Å². The fourth-order valence-corrected chi connectivity index (χ4v) is 3.27. The Bertz CT molecular complexity index is 1040. The van der Waals surface area contributed by atoms with Crippen LogP contribution in [0, 0.1) is 11.8 Å². The number of anilines is 2. The number of carbonyl (C=O) groups is 2. The normalized spacial score (nSPS) is 18.0. The van der Waals surface area contributed by atoms with Gasteiger partial charge in [0.05, 0.1) is 11.4 Å². The molecule has 0 aliphatic carbocycles. The van der Waals surface area contributed by atoms with E-state index in [0.717, 1.165) is 5.01 Å². The van der Waals surface area contributed by atoms with Crippen molar-refractivity contribution in [3.8, 4) is 5.75 Å². The van der Waals surface area contributed by atoms with E-state index in [9.17, 15) is 22.8 Å². The predicted octanol–water partition coefficient (Wildman–Crippen LogP) is 5.11. The summed E-state index contributed by atoms with van der Waals surface area (Å²) in [6, 6.07) is 11.8. The van der Waals surface area contributed by atoms with E-state index in [4.69, 9.17) is 0 Å². The summed E-state index contributed by atoms with van der Waals surface area (Å²) in [4.78, 5) is 25.7. The van der Waals surface area contributed by atoms with Gasteiger partial charge >= 0.3 is 6.61 Å². The average Bonchev–Trinajstić information content (AvgIpc) is 3.02. The third-order valence-corrected chi connectivity index (χ3v) is 5.48. The van der Waals surface area contributed by atoms with Crippen LogP contribution in [0.25, 0.3) is 0 Å². The van der Waals surface area contributed by atoms with Crippen molar-refractivity contribution in [2.75, 3.05) is 10.3 Å². The van der Waals surface area contributed by atoms with Crippen molar-refractivity contribution in [2.24, 2.45) is 16.9 Å². The number of amides is 2. The third kappa shape index (κ3) is 4.76. The molecule has 0 saturated heterocycles. The Hall–Kier alpha value is -3.36. The van der Waals surface area contributed by atoms with Gasteiger partial charge in [-0.05, 0) is 61.7 Å². The van der Waals surface area contributed by atoms with E-state index in [2.05, 4.69) is 15.2 Å². The van der Waals surface area contributed by atoms with E-state index in [1.54, 1.807) is 45.0 Å². The number of hydrogen-bond acceptors (Lipinski definition) is 4. The Morgan fingerprint density at radius 2 is 1.84 bits per heavy atom.